The van der Waals surface area contributed by atoms with Crippen molar-refractivity contribution < 1.29 is 28.5 Å². The molecule has 1 amide bonds. The van der Waals surface area contributed by atoms with Crippen molar-refractivity contribution >= 4 is 29.1 Å². The molecule has 0 aliphatic carbocycles. The molecule has 6 N–H and O–H groups in total. The molecular formula is C33H39Cl2F2N3O4. The first-order valence-corrected chi connectivity index (χ1v) is 15.2. The van der Waals surface area contributed by atoms with Gasteiger partial charge in [0.15, 0.2) is 0 Å². The van der Waals surface area contributed by atoms with Gasteiger partial charge >= 0.3 is 0 Å². The normalized spacial score (nSPS) is 22.5. The van der Waals surface area contributed by atoms with Gasteiger partial charge in [-0.1, -0.05) is 67.4 Å². The number of benzene rings is 3. The number of rotatable bonds is 12. The first-order chi connectivity index (χ1) is 20.8. The van der Waals surface area contributed by atoms with Gasteiger partial charge in [-0.2, -0.15) is 0 Å². The molecule has 7 nitrogen and oxygen atoms in total. The van der Waals surface area contributed by atoms with E-state index >= 15 is 8.78 Å². The number of amides is 1. The molecule has 3 aromatic carbocycles. The summed E-state index contributed by atoms with van der Waals surface area (Å²) in [7, 11) is 1.60. The van der Waals surface area contributed by atoms with Crippen LogP contribution < -0.4 is 21.1 Å². The predicted octanol–water partition coefficient (Wildman–Crippen LogP) is 5.08. The lowest BCUT2D eigenvalue weighted by atomic mass is 9.67. The Morgan fingerprint density at radius 3 is 2.50 bits per heavy atom. The number of halogens is 4. The van der Waals surface area contributed by atoms with Crippen LogP contribution in [0.5, 0.6) is 5.75 Å². The van der Waals surface area contributed by atoms with Gasteiger partial charge in [-0.3, -0.25) is 4.79 Å². The molecule has 1 heterocycles. The minimum absolute atomic E-state index is 0.0456. The molecule has 5 unspecified atom stereocenters. The molecule has 238 valence electrons. The Balaban J connectivity index is 1.81. The molecule has 11 heteroatoms. The number of carbonyl (C=O) groups is 1. The Labute approximate surface area is 266 Å². The monoisotopic (exact) mass is 649 g/mol. The summed E-state index contributed by atoms with van der Waals surface area (Å²) in [6.45, 7) is 3.69. The van der Waals surface area contributed by atoms with Crippen LogP contribution in [0.3, 0.4) is 0 Å². The highest BCUT2D eigenvalue weighted by Crippen LogP contribution is 2.50. The minimum atomic E-state index is -1.63. The van der Waals surface area contributed by atoms with Crippen molar-refractivity contribution in [2.24, 2.45) is 11.1 Å². The highest BCUT2D eigenvalue weighted by atomic mass is 35.5. The van der Waals surface area contributed by atoms with Crippen LogP contribution in [0.1, 0.15) is 49.3 Å². The van der Waals surface area contributed by atoms with Crippen LogP contribution in [-0.4, -0.2) is 54.6 Å². The Kier molecular flexibility index (Phi) is 10.9. The van der Waals surface area contributed by atoms with E-state index in [1.807, 2.05) is 24.3 Å². The molecule has 4 rings (SSSR count). The second-order valence-corrected chi connectivity index (χ2v) is 13.0. The Morgan fingerprint density at radius 1 is 1.16 bits per heavy atom. The van der Waals surface area contributed by atoms with Crippen molar-refractivity contribution in [3.8, 4) is 5.75 Å². The number of nitrogens with two attached hydrogens (primary N) is 1. The van der Waals surface area contributed by atoms with Gasteiger partial charge in [0.2, 0.25) is 5.91 Å². The van der Waals surface area contributed by atoms with Gasteiger partial charge in [-0.15, -0.1) is 0 Å². The molecule has 3 aromatic rings. The molecule has 0 aromatic heterocycles. The zero-order valence-electron chi connectivity index (χ0n) is 24.9. The van der Waals surface area contributed by atoms with Crippen molar-refractivity contribution in [1.82, 2.24) is 10.6 Å². The van der Waals surface area contributed by atoms with Crippen molar-refractivity contribution in [1.29, 1.82) is 0 Å². The smallest absolute Gasteiger partial charge is 0.237 e. The number of carbonyl (C=O) groups excluding carboxylic acids is 1. The summed E-state index contributed by atoms with van der Waals surface area (Å²) in [5.74, 6) is -2.31. The maximum atomic E-state index is 15.8. The van der Waals surface area contributed by atoms with E-state index in [0.29, 0.717) is 12.8 Å². The molecule has 0 bridgehead atoms. The first kappa shape index (κ1) is 34.1. The molecule has 0 spiro atoms. The van der Waals surface area contributed by atoms with E-state index in [9.17, 15) is 15.0 Å². The van der Waals surface area contributed by atoms with Gasteiger partial charge in [0, 0.05) is 29.1 Å². The summed E-state index contributed by atoms with van der Waals surface area (Å²) in [5, 5.41) is 25.1. The SMILES string of the molecule is COc1ccc(CC(C)(C)CC2NC(C(=O)NCCC(O)CO)C(c3cccc(Cl)c3F)C2(N)c2ccc(Cl)cc2F)cc1. The third-order valence-electron chi connectivity index (χ3n) is 8.39. The van der Waals surface area contributed by atoms with E-state index in [2.05, 4.69) is 24.5 Å². The molecule has 0 saturated carbocycles. The molecule has 1 aliphatic rings. The third kappa shape index (κ3) is 7.36. The molecule has 5 atom stereocenters. The molecular weight excluding hydrogens is 611 g/mol. The van der Waals surface area contributed by atoms with Crippen LogP contribution >= 0.6 is 23.2 Å². The number of hydrogen-bond donors (Lipinski definition) is 5. The van der Waals surface area contributed by atoms with Gasteiger partial charge in [-0.25, -0.2) is 8.78 Å². The first-order valence-electron chi connectivity index (χ1n) is 14.4. The Hall–Kier alpha value is -2.79. The van der Waals surface area contributed by atoms with Crippen molar-refractivity contribution in [3.05, 3.63) is 99.0 Å². The number of aliphatic hydroxyl groups is 2. The van der Waals surface area contributed by atoms with Gasteiger partial charge in [-0.05, 0) is 66.1 Å². The number of aliphatic hydroxyl groups excluding tert-OH is 2. The quantitative estimate of drug-likeness (QED) is 0.187. The fourth-order valence-corrected chi connectivity index (χ4v) is 6.62. The lowest BCUT2D eigenvalue weighted by Crippen LogP contribution is -2.52. The standard InChI is InChI=1S/C33H39Cl2F2N3O4/c1-32(2,16-19-7-10-22(44-3)11-8-19)17-27-33(38,24-12-9-20(34)15-26(24)36)28(23-5-4-6-25(35)29(23)37)30(40-27)31(43)39-14-13-21(42)18-41/h4-12,15,21,27-28,30,40-42H,13-14,16-18,38H2,1-3H3,(H,39,43). The largest absolute Gasteiger partial charge is 0.497 e. The van der Waals surface area contributed by atoms with Crippen LogP contribution in [-0.2, 0) is 16.8 Å². The Morgan fingerprint density at radius 2 is 1.86 bits per heavy atom. The third-order valence-corrected chi connectivity index (χ3v) is 8.91. The van der Waals surface area contributed by atoms with Crippen LogP contribution in [0.15, 0.2) is 60.7 Å². The van der Waals surface area contributed by atoms with Crippen LogP contribution in [0, 0.1) is 17.0 Å². The van der Waals surface area contributed by atoms with E-state index in [1.165, 1.54) is 24.3 Å². The van der Waals surface area contributed by atoms with Crippen LogP contribution in [0.4, 0.5) is 8.78 Å². The fraction of sp³-hybridized carbons (Fsp3) is 0.424. The van der Waals surface area contributed by atoms with Crippen molar-refractivity contribution in [2.45, 2.75) is 62.8 Å². The number of ether oxygens (including phenoxy) is 1. The van der Waals surface area contributed by atoms with E-state index in [-0.39, 0.29) is 34.1 Å². The van der Waals surface area contributed by atoms with Crippen molar-refractivity contribution in [3.63, 3.8) is 0 Å². The zero-order chi connectivity index (χ0) is 32.2. The van der Waals surface area contributed by atoms with Gasteiger partial charge in [0.1, 0.15) is 17.4 Å². The van der Waals surface area contributed by atoms with E-state index in [1.54, 1.807) is 13.2 Å². The summed E-state index contributed by atoms with van der Waals surface area (Å²) in [4.78, 5) is 13.8. The van der Waals surface area contributed by atoms with E-state index < -0.39 is 59.2 Å². The van der Waals surface area contributed by atoms with E-state index in [4.69, 9.17) is 33.7 Å². The molecule has 0 radical (unpaired) electrons. The highest BCUT2D eigenvalue weighted by molar-refractivity contribution is 6.31. The summed E-state index contributed by atoms with van der Waals surface area (Å²) in [5.41, 5.74) is 6.44. The molecule has 1 fully saturated rings. The minimum Gasteiger partial charge on any atom is -0.497 e. The zero-order valence-corrected chi connectivity index (χ0v) is 26.4. The molecule has 44 heavy (non-hydrogen) atoms. The number of nitrogens with one attached hydrogen (secondary N) is 2. The summed E-state index contributed by atoms with van der Waals surface area (Å²) >= 11 is 12.3. The second kappa shape index (κ2) is 14.1. The predicted molar refractivity (Wildman–Crippen MR) is 168 cm³/mol. The number of methoxy groups -OCH3 is 1. The molecule has 1 saturated heterocycles. The topological polar surface area (TPSA) is 117 Å². The van der Waals surface area contributed by atoms with Crippen molar-refractivity contribution in [2.75, 3.05) is 20.3 Å². The summed E-state index contributed by atoms with van der Waals surface area (Å²) in [6.07, 6.45) is 0.0866. The van der Waals surface area contributed by atoms with Crippen LogP contribution in [0.2, 0.25) is 10.0 Å². The maximum Gasteiger partial charge on any atom is 0.237 e. The number of hydrogen-bond acceptors (Lipinski definition) is 6. The summed E-state index contributed by atoms with van der Waals surface area (Å²) in [6, 6.07) is 14.5. The lowest BCUT2D eigenvalue weighted by molar-refractivity contribution is -0.123. The average molecular weight is 651 g/mol. The molecule has 1 aliphatic heterocycles. The van der Waals surface area contributed by atoms with Crippen LogP contribution in [0.25, 0.3) is 0 Å². The fourth-order valence-electron chi connectivity index (χ4n) is 6.28. The summed E-state index contributed by atoms with van der Waals surface area (Å²) < 4.78 is 36.9. The van der Waals surface area contributed by atoms with Gasteiger partial charge in [0.05, 0.1) is 36.4 Å². The highest BCUT2D eigenvalue weighted by Gasteiger charge is 2.58. The lowest BCUT2D eigenvalue weighted by Gasteiger charge is -2.40. The van der Waals surface area contributed by atoms with E-state index in [0.717, 1.165) is 17.4 Å². The maximum absolute atomic E-state index is 15.8. The average Bonchev–Trinajstić information content (AvgIpc) is 3.25. The second-order valence-electron chi connectivity index (χ2n) is 12.2. The Bertz CT molecular complexity index is 1460. The van der Waals surface area contributed by atoms with Gasteiger partial charge < -0.3 is 31.3 Å². The van der Waals surface area contributed by atoms with Gasteiger partial charge in [0.25, 0.3) is 0 Å².